The van der Waals surface area contributed by atoms with Crippen molar-refractivity contribution in [1.29, 1.82) is 5.26 Å². The first-order valence-corrected chi connectivity index (χ1v) is 6.35. The average molecular weight is 230 g/mol. The van der Waals surface area contributed by atoms with Crippen LogP contribution in [0.1, 0.15) is 44.2 Å². The van der Waals surface area contributed by atoms with Gasteiger partial charge in [-0.1, -0.05) is 45.0 Å². The van der Waals surface area contributed by atoms with E-state index in [9.17, 15) is 0 Å². The fraction of sp³-hybridized carbons (Fsp3) is 0.533. The van der Waals surface area contributed by atoms with E-state index < -0.39 is 0 Å². The highest BCUT2D eigenvalue weighted by atomic mass is 15.1. The van der Waals surface area contributed by atoms with Crippen molar-refractivity contribution in [3.63, 3.8) is 0 Å². The predicted molar refractivity (Wildman–Crippen MR) is 71.7 cm³/mol. The van der Waals surface area contributed by atoms with Gasteiger partial charge in [-0.05, 0) is 30.0 Å². The topological polar surface area (TPSA) is 27.0 Å². The molecule has 0 aliphatic carbocycles. The average Bonchev–Trinajstić information content (AvgIpc) is 2.30. The zero-order valence-electron chi connectivity index (χ0n) is 11.1. The third-order valence-electron chi connectivity index (χ3n) is 2.89. The Kier molecular flexibility index (Phi) is 5.72. The van der Waals surface area contributed by atoms with Crippen molar-refractivity contribution in [2.45, 2.75) is 39.7 Å². The molecule has 0 spiro atoms. The van der Waals surface area contributed by atoms with E-state index in [0.717, 1.165) is 19.5 Å². The van der Waals surface area contributed by atoms with Gasteiger partial charge in [0, 0.05) is 6.54 Å². The molecule has 1 rings (SSSR count). The van der Waals surface area contributed by atoms with Gasteiger partial charge < -0.3 is 0 Å². The minimum atomic E-state index is 0.514. The largest absolute Gasteiger partial charge is 0.286 e. The molecule has 0 aliphatic heterocycles. The molecule has 0 heterocycles. The maximum absolute atomic E-state index is 8.77. The minimum Gasteiger partial charge on any atom is -0.286 e. The summed E-state index contributed by atoms with van der Waals surface area (Å²) in [6.07, 6.45) is 1.09. The molecule has 0 aromatic heterocycles. The summed E-state index contributed by atoms with van der Waals surface area (Å²) >= 11 is 0. The molecule has 0 amide bonds. The standard InChI is InChI=1S/C15H22N2/c1-4-10-17(11-9-16)12-14-5-7-15(8-6-14)13(2)3/h5-8,13H,4,10-12H2,1-3H3. The number of rotatable bonds is 6. The Morgan fingerprint density at radius 3 is 2.35 bits per heavy atom. The minimum absolute atomic E-state index is 0.514. The quantitative estimate of drug-likeness (QED) is 0.699. The van der Waals surface area contributed by atoms with E-state index in [-0.39, 0.29) is 0 Å². The number of nitrogens with zero attached hydrogens (tertiary/aromatic N) is 2. The lowest BCUT2D eigenvalue weighted by molar-refractivity contribution is 0.298. The lowest BCUT2D eigenvalue weighted by Crippen LogP contribution is -2.24. The summed E-state index contributed by atoms with van der Waals surface area (Å²) in [4.78, 5) is 2.18. The number of benzene rings is 1. The van der Waals surface area contributed by atoms with Gasteiger partial charge in [-0.25, -0.2) is 0 Å². The highest BCUT2D eigenvalue weighted by Gasteiger charge is 2.05. The van der Waals surface area contributed by atoms with Crippen molar-refractivity contribution >= 4 is 0 Å². The maximum atomic E-state index is 8.77. The van der Waals surface area contributed by atoms with Crippen LogP contribution in [0, 0.1) is 11.3 Å². The van der Waals surface area contributed by atoms with E-state index in [1.165, 1.54) is 11.1 Å². The van der Waals surface area contributed by atoms with E-state index >= 15 is 0 Å². The zero-order valence-corrected chi connectivity index (χ0v) is 11.1. The van der Waals surface area contributed by atoms with Crippen molar-refractivity contribution in [2.75, 3.05) is 13.1 Å². The van der Waals surface area contributed by atoms with E-state index in [4.69, 9.17) is 5.26 Å². The Labute approximate surface area is 105 Å². The molecule has 0 unspecified atom stereocenters. The smallest absolute Gasteiger partial charge is 0.0868 e. The maximum Gasteiger partial charge on any atom is 0.0868 e. The molecular weight excluding hydrogens is 208 g/mol. The molecule has 0 saturated carbocycles. The highest BCUT2D eigenvalue weighted by molar-refractivity contribution is 5.24. The molecule has 2 nitrogen and oxygen atoms in total. The third kappa shape index (κ3) is 4.58. The summed E-state index contributed by atoms with van der Waals surface area (Å²) in [5.41, 5.74) is 2.66. The lowest BCUT2D eigenvalue weighted by Gasteiger charge is -2.18. The highest BCUT2D eigenvalue weighted by Crippen LogP contribution is 2.15. The molecule has 2 heteroatoms. The number of hydrogen-bond donors (Lipinski definition) is 0. The normalized spacial score (nSPS) is 10.8. The first kappa shape index (κ1) is 13.7. The van der Waals surface area contributed by atoms with Crippen LogP contribution in [0.4, 0.5) is 0 Å². The zero-order chi connectivity index (χ0) is 12.7. The van der Waals surface area contributed by atoms with Crippen molar-refractivity contribution in [1.82, 2.24) is 4.90 Å². The van der Waals surface area contributed by atoms with Gasteiger partial charge in [0.1, 0.15) is 0 Å². The van der Waals surface area contributed by atoms with Crippen LogP contribution in [0.2, 0.25) is 0 Å². The molecule has 1 aromatic rings. The molecule has 0 atom stereocenters. The molecule has 0 bridgehead atoms. The lowest BCUT2D eigenvalue weighted by atomic mass is 10.0. The summed E-state index contributed by atoms with van der Waals surface area (Å²) in [7, 11) is 0. The van der Waals surface area contributed by atoms with Crippen molar-refractivity contribution < 1.29 is 0 Å². The summed E-state index contributed by atoms with van der Waals surface area (Å²) < 4.78 is 0. The van der Waals surface area contributed by atoms with Gasteiger partial charge in [-0.3, -0.25) is 4.90 Å². The van der Waals surface area contributed by atoms with Crippen LogP contribution in [0.25, 0.3) is 0 Å². The van der Waals surface area contributed by atoms with Crippen molar-refractivity contribution in [3.05, 3.63) is 35.4 Å². The van der Waals surface area contributed by atoms with Crippen molar-refractivity contribution in [3.8, 4) is 6.07 Å². The Balaban J connectivity index is 2.63. The van der Waals surface area contributed by atoms with Gasteiger partial charge in [0.05, 0.1) is 12.6 Å². The fourth-order valence-corrected chi connectivity index (χ4v) is 1.90. The van der Waals surface area contributed by atoms with Gasteiger partial charge in [0.15, 0.2) is 0 Å². The van der Waals surface area contributed by atoms with Crippen LogP contribution >= 0.6 is 0 Å². The molecule has 0 radical (unpaired) electrons. The molecule has 1 aromatic carbocycles. The Morgan fingerprint density at radius 1 is 1.24 bits per heavy atom. The SMILES string of the molecule is CCCN(CC#N)Cc1ccc(C(C)C)cc1. The van der Waals surface area contributed by atoms with Crippen LogP contribution < -0.4 is 0 Å². The molecule has 0 fully saturated rings. The summed E-state index contributed by atoms with van der Waals surface area (Å²) in [6.45, 7) is 8.92. The molecule has 92 valence electrons. The third-order valence-corrected chi connectivity index (χ3v) is 2.89. The second-order valence-electron chi connectivity index (χ2n) is 4.77. The summed E-state index contributed by atoms with van der Waals surface area (Å²) in [5.74, 6) is 0.579. The van der Waals surface area contributed by atoms with E-state index in [1.807, 2.05) is 0 Å². The number of hydrogen-bond acceptors (Lipinski definition) is 2. The predicted octanol–water partition coefficient (Wildman–Crippen LogP) is 3.55. The van der Waals surface area contributed by atoms with Gasteiger partial charge in [0.2, 0.25) is 0 Å². The summed E-state index contributed by atoms with van der Waals surface area (Å²) in [6, 6.07) is 11.0. The molecule has 0 saturated heterocycles. The Morgan fingerprint density at radius 2 is 1.88 bits per heavy atom. The van der Waals surface area contributed by atoms with E-state index in [1.54, 1.807) is 0 Å². The first-order chi connectivity index (χ1) is 8.17. The van der Waals surface area contributed by atoms with Crippen LogP contribution in [-0.4, -0.2) is 18.0 Å². The van der Waals surface area contributed by atoms with Gasteiger partial charge in [-0.15, -0.1) is 0 Å². The van der Waals surface area contributed by atoms with Gasteiger partial charge in [0.25, 0.3) is 0 Å². The van der Waals surface area contributed by atoms with Crippen molar-refractivity contribution in [2.24, 2.45) is 0 Å². The molecule has 0 N–H and O–H groups in total. The Bertz CT molecular complexity index is 360. The van der Waals surface area contributed by atoms with Gasteiger partial charge in [-0.2, -0.15) is 5.26 Å². The van der Waals surface area contributed by atoms with E-state index in [2.05, 4.69) is 56.0 Å². The number of nitriles is 1. The summed E-state index contributed by atoms with van der Waals surface area (Å²) in [5, 5.41) is 8.77. The Hall–Kier alpha value is -1.33. The second-order valence-corrected chi connectivity index (χ2v) is 4.77. The monoisotopic (exact) mass is 230 g/mol. The molecule has 17 heavy (non-hydrogen) atoms. The van der Waals surface area contributed by atoms with Crippen LogP contribution in [0.15, 0.2) is 24.3 Å². The van der Waals surface area contributed by atoms with Crippen LogP contribution in [-0.2, 0) is 6.54 Å². The first-order valence-electron chi connectivity index (χ1n) is 6.35. The second kappa shape index (κ2) is 7.09. The fourth-order valence-electron chi connectivity index (χ4n) is 1.90. The molecule has 0 aliphatic rings. The molecular formula is C15H22N2. The van der Waals surface area contributed by atoms with E-state index in [0.29, 0.717) is 12.5 Å². The van der Waals surface area contributed by atoms with Crippen LogP contribution in [0.3, 0.4) is 0 Å². The van der Waals surface area contributed by atoms with Crippen LogP contribution in [0.5, 0.6) is 0 Å². The van der Waals surface area contributed by atoms with Gasteiger partial charge >= 0.3 is 0 Å².